The molecule has 3 aromatic rings. The van der Waals surface area contributed by atoms with Crippen molar-refractivity contribution in [3.63, 3.8) is 0 Å². The number of rotatable bonds is 7. The molecule has 0 saturated carbocycles. The molecule has 2 heterocycles. The summed E-state index contributed by atoms with van der Waals surface area (Å²) in [7, 11) is 0. The fourth-order valence-corrected chi connectivity index (χ4v) is 3.74. The van der Waals surface area contributed by atoms with Crippen LogP contribution in [0.5, 0.6) is 0 Å². The monoisotopic (exact) mass is 417 g/mol. The molecule has 1 unspecified atom stereocenters. The number of benzene rings is 2. The molecule has 1 saturated heterocycles. The lowest BCUT2D eigenvalue weighted by Crippen LogP contribution is -2.19. The average Bonchev–Trinajstić information content (AvgIpc) is 3.45. The van der Waals surface area contributed by atoms with Crippen molar-refractivity contribution in [2.75, 3.05) is 28.6 Å². The van der Waals surface area contributed by atoms with Crippen LogP contribution in [0.1, 0.15) is 30.1 Å². The third-order valence-electron chi connectivity index (χ3n) is 5.48. The summed E-state index contributed by atoms with van der Waals surface area (Å²) in [5, 5.41) is 5.78. The highest BCUT2D eigenvalue weighted by atomic mass is 16.2. The minimum absolute atomic E-state index is 0.113. The molecule has 160 valence electrons. The number of hydrogen-bond acceptors (Lipinski definition) is 4. The van der Waals surface area contributed by atoms with Gasteiger partial charge in [-0.1, -0.05) is 13.0 Å². The number of imidazole rings is 1. The third kappa shape index (κ3) is 5.51. The lowest BCUT2D eigenvalue weighted by Gasteiger charge is -2.18. The van der Waals surface area contributed by atoms with Crippen LogP contribution in [0.2, 0.25) is 0 Å². The summed E-state index contributed by atoms with van der Waals surface area (Å²) in [4.78, 5) is 31.2. The zero-order valence-corrected chi connectivity index (χ0v) is 17.6. The highest BCUT2D eigenvalue weighted by Gasteiger charge is 2.18. The van der Waals surface area contributed by atoms with Gasteiger partial charge in [0, 0.05) is 61.1 Å². The van der Waals surface area contributed by atoms with Gasteiger partial charge < -0.3 is 20.1 Å². The molecule has 2 aromatic carbocycles. The first-order chi connectivity index (χ1) is 15.1. The largest absolute Gasteiger partial charge is 0.371 e. The Labute approximate surface area is 182 Å². The Hall–Kier alpha value is -3.61. The van der Waals surface area contributed by atoms with Gasteiger partial charge in [-0.3, -0.25) is 9.59 Å². The second-order valence-corrected chi connectivity index (χ2v) is 8.02. The lowest BCUT2D eigenvalue weighted by molar-refractivity contribution is -0.116. The first kappa shape index (κ1) is 20.7. The molecule has 0 spiro atoms. The van der Waals surface area contributed by atoms with E-state index >= 15 is 0 Å². The molecule has 1 atom stereocenters. The summed E-state index contributed by atoms with van der Waals surface area (Å²) in [6.07, 6.45) is 6.72. The van der Waals surface area contributed by atoms with E-state index in [4.69, 9.17) is 0 Å². The number of nitrogens with zero attached hydrogens (tertiary/aromatic N) is 3. The van der Waals surface area contributed by atoms with Crippen LogP contribution in [0.3, 0.4) is 0 Å². The fraction of sp³-hybridized carbons (Fsp3) is 0.292. The SMILES string of the molecule is CC1CCN(c2ccc(NC(=O)c3cccc(NC(=O)CCn4ccnc4)c3)cc2)C1. The molecule has 2 N–H and O–H groups in total. The molecule has 7 heteroatoms. The van der Waals surface area contributed by atoms with E-state index in [0.717, 1.165) is 24.7 Å². The van der Waals surface area contributed by atoms with Crippen molar-refractivity contribution < 1.29 is 9.59 Å². The highest BCUT2D eigenvalue weighted by Crippen LogP contribution is 2.25. The van der Waals surface area contributed by atoms with Crippen molar-refractivity contribution in [1.82, 2.24) is 9.55 Å². The van der Waals surface area contributed by atoms with Crippen LogP contribution in [-0.2, 0) is 11.3 Å². The van der Waals surface area contributed by atoms with E-state index in [1.165, 1.54) is 12.1 Å². The topological polar surface area (TPSA) is 79.3 Å². The minimum atomic E-state index is -0.211. The smallest absolute Gasteiger partial charge is 0.255 e. The van der Waals surface area contributed by atoms with Crippen LogP contribution in [0.25, 0.3) is 0 Å². The number of hydrogen-bond donors (Lipinski definition) is 2. The molecule has 0 aliphatic carbocycles. The predicted molar refractivity (Wildman–Crippen MR) is 122 cm³/mol. The molecule has 0 bridgehead atoms. The maximum absolute atomic E-state index is 12.7. The van der Waals surface area contributed by atoms with Crippen molar-refractivity contribution in [3.05, 3.63) is 72.8 Å². The summed E-state index contributed by atoms with van der Waals surface area (Å²) in [5.74, 6) is 0.396. The fourth-order valence-electron chi connectivity index (χ4n) is 3.74. The van der Waals surface area contributed by atoms with Crippen LogP contribution in [-0.4, -0.2) is 34.5 Å². The molecule has 1 aliphatic rings. The first-order valence-corrected chi connectivity index (χ1v) is 10.6. The quantitative estimate of drug-likeness (QED) is 0.609. The van der Waals surface area contributed by atoms with E-state index in [-0.39, 0.29) is 11.8 Å². The summed E-state index contributed by atoms with van der Waals surface area (Å²) in [5.41, 5.74) is 3.02. The van der Waals surface area contributed by atoms with E-state index in [9.17, 15) is 9.59 Å². The standard InChI is InChI=1S/C24H27N5O2/c1-18-9-13-29(16-18)22-7-5-20(6-8-22)27-24(31)19-3-2-4-21(15-19)26-23(30)10-12-28-14-11-25-17-28/h2-8,11,14-15,17-18H,9-10,12-13,16H2,1H3,(H,26,30)(H,27,31). The minimum Gasteiger partial charge on any atom is -0.371 e. The van der Waals surface area contributed by atoms with Crippen LogP contribution < -0.4 is 15.5 Å². The first-order valence-electron chi connectivity index (χ1n) is 10.6. The number of aryl methyl sites for hydroxylation is 1. The highest BCUT2D eigenvalue weighted by molar-refractivity contribution is 6.05. The van der Waals surface area contributed by atoms with E-state index in [2.05, 4.69) is 27.4 Å². The van der Waals surface area contributed by atoms with E-state index in [1.54, 1.807) is 36.8 Å². The Balaban J connectivity index is 1.32. The molecule has 2 amide bonds. The van der Waals surface area contributed by atoms with Gasteiger partial charge in [0.15, 0.2) is 0 Å². The average molecular weight is 418 g/mol. The van der Waals surface area contributed by atoms with Crippen LogP contribution >= 0.6 is 0 Å². The maximum atomic E-state index is 12.7. The molecule has 1 aromatic heterocycles. The molecule has 4 rings (SSSR count). The molecule has 1 aliphatic heterocycles. The number of carbonyl (C=O) groups is 2. The molecule has 31 heavy (non-hydrogen) atoms. The lowest BCUT2D eigenvalue weighted by atomic mass is 10.1. The van der Waals surface area contributed by atoms with Crippen molar-refractivity contribution in [1.29, 1.82) is 0 Å². The van der Waals surface area contributed by atoms with Crippen LogP contribution in [0, 0.1) is 5.92 Å². The summed E-state index contributed by atoms with van der Waals surface area (Å²) in [6.45, 7) is 4.98. The molecular formula is C24H27N5O2. The van der Waals surface area contributed by atoms with E-state index < -0.39 is 0 Å². The number of carbonyl (C=O) groups excluding carboxylic acids is 2. The Morgan fingerprint density at radius 2 is 1.94 bits per heavy atom. The van der Waals surface area contributed by atoms with Gasteiger partial charge in [-0.25, -0.2) is 4.98 Å². The van der Waals surface area contributed by atoms with Gasteiger partial charge in [0.1, 0.15) is 0 Å². The van der Waals surface area contributed by atoms with Crippen molar-refractivity contribution in [2.24, 2.45) is 5.92 Å². The van der Waals surface area contributed by atoms with Crippen LogP contribution in [0.15, 0.2) is 67.3 Å². The second-order valence-electron chi connectivity index (χ2n) is 8.02. The number of amides is 2. The summed E-state index contributed by atoms with van der Waals surface area (Å²) in [6, 6.07) is 14.9. The molecule has 1 fully saturated rings. The van der Waals surface area contributed by atoms with Gasteiger partial charge in [0.05, 0.1) is 6.33 Å². The van der Waals surface area contributed by atoms with Gasteiger partial charge in [-0.05, 0) is 54.8 Å². The van der Waals surface area contributed by atoms with Crippen molar-refractivity contribution in [3.8, 4) is 0 Å². The Morgan fingerprint density at radius 1 is 1.10 bits per heavy atom. The van der Waals surface area contributed by atoms with E-state index in [1.807, 2.05) is 35.0 Å². The van der Waals surface area contributed by atoms with Gasteiger partial charge >= 0.3 is 0 Å². The van der Waals surface area contributed by atoms with Crippen molar-refractivity contribution >= 4 is 28.9 Å². The normalized spacial score (nSPS) is 15.6. The van der Waals surface area contributed by atoms with Gasteiger partial charge in [0.25, 0.3) is 5.91 Å². The summed E-state index contributed by atoms with van der Waals surface area (Å²) >= 11 is 0. The Morgan fingerprint density at radius 3 is 2.65 bits per heavy atom. The Bertz CT molecular complexity index is 1030. The second kappa shape index (κ2) is 9.47. The van der Waals surface area contributed by atoms with Gasteiger partial charge in [0.2, 0.25) is 5.91 Å². The van der Waals surface area contributed by atoms with Gasteiger partial charge in [-0.2, -0.15) is 0 Å². The molecular weight excluding hydrogens is 390 g/mol. The predicted octanol–water partition coefficient (Wildman–Crippen LogP) is 4.01. The third-order valence-corrected chi connectivity index (χ3v) is 5.48. The van der Waals surface area contributed by atoms with Crippen LogP contribution in [0.4, 0.5) is 17.1 Å². The van der Waals surface area contributed by atoms with E-state index in [0.29, 0.717) is 24.2 Å². The number of nitrogens with one attached hydrogen (secondary N) is 2. The number of aromatic nitrogens is 2. The molecule has 0 radical (unpaired) electrons. The summed E-state index contributed by atoms with van der Waals surface area (Å²) < 4.78 is 1.85. The van der Waals surface area contributed by atoms with Crippen molar-refractivity contribution in [2.45, 2.75) is 26.3 Å². The zero-order chi connectivity index (χ0) is 21.6. The Kier molecular flexibility index (Phi) is 6.31. The van der Waals surface area contributed by atoms with Gasteiger partial charge in [-0.15, -0.1) is 0 Å². The molecule has 7 nitrogen and oxygen atoms in total. The zero-order valence-electron chi connectivity index (χ0n) is 17.6. The number of anilines is 3. The maximum Gasteiger partial charge on any atom is 0.255 e.